The van der Waals surface area contributed by atoms with Crippen molar-refractivity contribution in [3.05, 3.63) is 70.3 Å². The fraction of sp³-hybridized carbons (Fsp3) is 0.250. The normalized spacial score (nSPS) is 14.6. The van der Waals surface area contributed by atoms with Crippen LogP contribution >= 0.6 is 0 Å². The lowest BCUT2D eigenvalue weighted by molar-refractivity contribution is 0.0736. The fourth-order valence-electron chi connectivity index (χ4n) is 3.35. The molecule has 4 rings (SSSR count). The molecule has 1 aliphatic heterocycles. The van der Waals surface area contributed by atoms with Gasteiger partial charge in [-0.25, -0.2) is 4.98 Å². The molecule has 1 aromatic heterocycles. The minimum Gasteiger partial charge on any atom is -0.336 e. The second kappa shape index (κ2) is 6.72. The number of aromatic nitrogens is 2. The molecular weight excluding hydrogens is 328 g/mol. The Morgan fingerprint density at radius 2 is 1.73 bits per heavy atom. The summed E-state index contributed by atoms with van der Waals surface area (Å²) in [6.07, 6.45) is 0. The Bertz CT molecular complexity index is 1020. The van der Waals surface area contributed by atoms with E-state index in [1.54, 1.807) is 34.9 Å². The Hall–Kier alpha value is -2.99. The molecule has 0 radical (unpaired) electrons. The van der Waals surface area contributed by atoms with E-state index in [1.165, 1.54) is 0 Å². The molecule has 132 valence electrons. The van der Waals surface area contributed by atoms with Crippen molar-refractivity contribution in [1.29, 1.82) is 0 Å². The van der Waals surface area contributed by atoms with Crippen molar-refractivity contribution < 1.29 is 4.79 Å². The maximum atomic E-state index is 12.9. The van der Waals surface area contributed by atoms with Crippen LogP contribution in [0, 0.1) is 6.92 Å². The summed E-state index contributed by atoms with van der Waals surface area (Å²) in [4.78, 5) is 31.8. The van der Waals surface area contributed by atoms with Crippen LogP contribution in [0.1, 0.15) is 16.2 Å². The Kier molecular flexibility index (Phi) is 4.26. The number of nitrogens with one attached hydrogen (secondary N) is 1. The van der Waals surface area contributed by atoms with E-state index < -0.39 is 0 Å². The molecule has 2 heterocycles. The highest BCUT2D eigenvalue weighted by atomic mass is 16.2. The van der Waals surface area contributed by atoms with Gasteiger partial charge in [0.15, 0.2) is 0 Å². The van der Waals surface area contributed by atoms with Gasteiger partial charge >= 0.3 is 0 Å². The van der Waals surface area contributed by atoms with Gasteiger partial charge in [-0.3, -0.25) is 14.2 Å². The lowest BCUT2D eigenvalue weighted by Gasteiger charge is -2.27. The molecule has 3 aromatic rings. The van der Waals surface area contributed by atoms with Crippen LogP contribution in [0.2, 0.25) is 0 Å². The number of hydrogen-bond acceptors (Lipinski definition) is 4. The number of para-hydroxylation sites is 1. The third-order valence-corrected chi connectivity index (χ3v) is 4.72. The first-order valence-corrected chi connectivity index (χ1v) is 8.74. The van der Waals surface area contributed by atoms with Crippen molar-refractivity contribution in [3.63, 3.8) is 0 Å². The van der Waals surface area contributed by atoms with E-state index >= 15 is 0 Å². The smallest absolute Gasteiger partial charge is 0.265 e. The number of carbonyl (C=O) groups excluding carboxylic acids is 1. The van der Waals surface area contributed by atoms with E-state index in [-0.39, 0.29) is 11.5 Å². The van der Waals surface area contributed by atoms with E-state index in [1.807, 2.05) is 30.0 Å². The Balaban J connectivity index is 1.70. The van der Waals surface area contributed by atoms with Crippen molar-refractivity contribution in [2.24, 2.45) is 0 Å². The van der Waals surface area contributed by atoms with Crippen LogP contribution in [-0.2, 0) is 0 Å². The van der Waals surface area contributed by atoms with E-state index in [0.29, 0.717) is 41.1 Å². The molecule has 2 aromatic carbocycles. The van der Waals surface area contributed by atoms with Crippen molar-refractivity contribution in [2.45, 2.75) is 6.92 Å². The number of rotatable bonds is 2. The number of fused-ring (bicyclic) bond motifs is 1. The molecule has 0 atom stereocenters. The summed E-state index contributed by atoms with van der Waals surface area (Å²) in [5.41, 5.74) is 1.93. The fourth-order valence-corrected chi connectivity index (χ4v) is 3.35. The first kappa shape index (κ1) is 16.5. The molecule has 0 bridgehead atoms. The monoisotopic (exact) mass is 348 g/mol. The zero-order valence-electron chi connectivity index (χ0n) is 14.6. The Morgan fingerprint density at radius 3 is 2.46 bits per heavy atom. The summed E-state index contributed by atoms with van der Waals surface area (Å²) in [5, 5.41) is 3.82. The minimum atomic E-state index is -0.103. The topological polar surface area (TPSA) is 67.2 Å². The average Bonchev–Trinajstić information content (AvgIpc) is 2.69. The molecule has 1 aliphatic rings. The number of piperazine rings is 1. The van der Waals surface area contributed by atoms with E-state index in [9.17, 15) is 9.59 Å². The highest BCUT2D eigenvalue weighted by Gasteiger charge is 2.18. The summed E-state index contributed by atoms with van der Waals surface area (Å²) in [6, 6.07) is 14.5. The van der Waals surface area contributed by atoms with Crippen LogP contribution in [0.5, 0.6) is 0 Å². The zero-order chi connectivity index (χ0) is 18.1. The predicted molar refractivity (Wildman–Crippen MR) is 101 cm³/mol. The van der Waals surface area contributed by atoms with Crippen molar-refractivity contribution in [3.8, 4) is 5.69 Å². The van der Waals surface area contributed by atoms with E-state index in [0.717, 1.165) is 13.1 Å². The molecule has 6 heteroatoms. The number of hydrogen-bond donors (Lipinski definition) is 1. The predicted octanol–water partition coefficient (Wildman–Crippen LogP) is 1.74. The van der Waals surface area contributed by atoms with E-state index in [2.05, 4.69) is 10.3 Å². The van der Waals surface area contributed by atoms with Gasteiger partial charge < -0.3 is 10.2 Å². The maximum Gasteiger partial charge on any atom is 0.265 e. The molecule has 1 fully saturated rings. The van der Waals surface area contributed by atoms with Gasteiger partial charge in [0.1, 0.15) is 5.82 Å². The van der Waals surface area contributed by atoms with Crippen LogP contribution in [0.25, 0.3) is 16.6 Å². The van der Waals surface area contributed by atoms with E-state index in [4.69, 9.17) is 0 Å². The second-order valence-corrected chi connectivity index (χ2v) is 6.41. The first-order valence-electron chi connectivity index (χ1n) is 8.74. The zero-order valence-corrected chi connectivity index (χ0v) is 14.6. The molecule has 1 amide bonds. The van der Waals surface area contributed by atoms with Gasteiger partial charge in [0, 0.05) is 31.7 Å². The molecule has 0 saturated carbocycles. The molecule has 26 heavy (non-hydrogen) atoms. The highest BCUT2D eigenvalue weighted by Crippen LogP contribution is 2.14. The maximum absolute atomic E-state index is 12.9. The quantitative estimate of drug-likeness (QED) is 0.766. The van der Waals surface area contributed by atoms with Gasteiger partial charge in [0.25, 0.3) is 11.5 Å². The number of amides is 1. The average molecular weight is 348 g/mol. The van der Waals surface area contributed by atoms with Gasteiger partial charge in [-0.2, -0.15) is 0 Å². The Morgan fingerprint density at radius 1 is 1.04 bits per heavy atom. The largest absolute Gasteiger partial charge is 0.336 e. The number of aryl methyl sites for hydroxylation is 1. The number of nitrogens with zero attached hydrogens (tertiary/aromatic N) is 3. The minimum absolute atomic E-state index is 0.0266. The van der Waals surface area contributed by atoms with Crippen molar-refractivity contribution in [2.75, 3.05) is 26.2 Å². The lowest BCUT2D eigenvalue weighted by atomic mass is 10.1. The van der Waals surface area contributed by atoms with Crippen LogP contribution in [0.15, 0.2) is 53.3 Å². The molecule has 0 aliphatic carbocycles. The second-order valence-electron chi connectivity index (χ2n) is 6.41. The molecule has 0 spiro atoms. The third kappa shape index (κ3) is 2.88. The van der Waals surface area contributed by atoms with Gasteiger partial charge in [0.05, 0.1) is 16.6 Å². The third-order valence-electron chi connectivity index (χ3n) is 4.72. The summed E-state index contributed by atoms with van der Waals surface area (Å²) in [7, 11) is 0. The van der Waals surface area contributed by atoms with Crippen molar-refractivity contribution in [1.82, 2.24) is 19.8 Å². The molecular formula is C20H20N4O2. The number of benzene rings is 2. The van der Waals surface area contributed by atoms with Gasteiger partial charge in [-0.1, -0.05) is 12.1 Å². The first-order chi connectivity index (χ1) is 12.6. The molecule has 1 saturated heterocycles. The SMILES string of the molecule is Cc1nc2ccccc2c(=O)n1-c1ccc(C(=O)N2CCNCC2)cc1. The molecule has 1 N–H and O–H groups in total. The highest BCUT2D eigenvalue weighted by molar-refractivity contribution is 5.94. The van der Waals surface area contributed by atoms with Crippen LogP contribution in [-0.4, -0.2) is 46.5 Å². The van der Waals surface area contributed by atoms with Crippen LogP contribution in [0.4, 0.5) is 0 Å². The van der Waals surface area contributed by atoms with Gasteiger partial charge in [-0.15, -0.1) is 0 Å². The van der Waals surface area contributed by atoms with Crippen molar-refractivity contribution >= 4 is 16.8 Å². The summed E-state index contributed by atoms with van der Waals surface area (Å²) < 4.78 is 1.58. The Labute approximate surface area is 151 Å². The summed E-state index contributed by atoms with van der Waals surface area (Å²) in [6.45, 7) is 4.89. The lowest BCUT2D eigenvalue weighted by Crippen LogP contribution is -2.46. The summed E-state index contributed by atoms with van der Waals surface area (Å²) in [5.74, 6) is 0.647. The number of carbonyl (C=O) groups is 1. The molecule has 0 unspecified atom stereocenters. The van der Waals surface area contributed by atoms with Crippen LogP contribution in [0.3, 0.4) is 0 Å². The van der Waals surface area contributed by atoms with Gasteiger partial charge in [-0.05, 0) is 43.3 Å². The van der Waals surface area contributed by atoms with Crippen LogP contribution < -0.4 is 10.9 Å². The van der Waals surface area contributed by atoms with Gasteiger partial charge in [0.2, 0.25) is 0 Å². The molecule has 6 nitrogen and oxygen atoms in total. The standard InChI is InChI=1S/C20H20N4O2/c1-14-22-18-5-3-2-4-17(18)20(26)24(14)16-8-6-15(7-9-16)19(25)23-12-10-21-11-13-23/h2-9,21H,10-13H2,1H3. The summed E-state index contributed by atoms with van der Waals surface area (Å²) >= 11 is 0.